The zero-order chi connectivity index (χ0) is 13.9. The zero-order valence-electron chi connectivity index (χ0n) is 9.65. The second-order valence-corrected chi connectivity index (χ2v) is 6.20. The average molecular weight is 300 g/mol. The molecule has 2 rings (SSSR count). The Morgan fingerprint density at radius 3 is 2.53 bits per heavy atom. The topological polar surface area (TPSA) is 76.5 Å². The van der Waals surface area contributed by atoms with Gasteiger partial charge in [0.1, 0.15) is 10.6 Å². The summed E-state index contributed by atoms with van der Waals surface area (Å²) in [6.45, 7) is -0.162. The minimum Gasteiger partial charge on any atom is -0.439 e. The van der Waals surface area contributed by atoms with Crippen LogP contribution in [0.2, 0.25) is 0 Å². The molecule has 2 aromatic rings. The molecule has 0 saturated carbocycles. The lowest BCUT2D eigenvalue weighted by Gasteiger charge is -2.08. The highest BCUT2D eigenvalue weighted by Gasteiger charge is 2.11. The van der Waals surface area contributed by atoms with Gasteiger partial charge in [-0.05, 0) is 12.1 Å². The van der Waals surface area contributed by atoms with Crippen LogP contribution in [0, 0.1) is 0 Å². The summed E-state index contributed by atoms with van der Waals surface area (Å²) < 4.78 is 27.6. The molecular weight excluding hydrogens is 290 g/mol. The van der Waals surface area contributed by atoms with Gasteiger partial charge in [-0.25, -0.2) is 13.4 Å². The van der Waals surface area contributed by atoms with Crippen molar-refractivity contribution >= 4 is 19.7 Å². The number of hydrogen-bond acceptors (Lipinski definition) is 5. The Morgan fingerprint density at radius 1 is 1.21 bits per heavy atom. The third-order valence-electron chi connectivity index (χ3n) is 2.35. The lowest BCUT2D eigenvalue weighted by molar-refractivity contribution is 0.276. The average Bonchev–Trinajstić information content (AvgIpc) is 2.39. The molecule has 1 aromatic heterocycles. The first-order valence-electron chi connectivity index (χ1n) is 5.28. The van der Waals surface area contributed by atoms with Crippen molar-refractivity contribution in [1.29, 1.82) is 0 Å². The van der Waals surface area contributed by atoms with Crippen LogP contribution in [0.3, 0.4) is 0 Å². The molecule has 1 aromatic carbocycles. The van der Waals surface area contributed by atoms with E-state index in [9.17, 15) is 8.42 Å². The highest BCUT2D eigenvalue weighted by molar-refractivity contribution is 8.13. The van der Waals surface area contributed by atoms with Gasteiger partial charge in [0.2, 0.25) is 5.88 Å². The van der Waals surface area contributed by atoms with Crippen molar-refractivity contribution in [2.45, 2.75) is 11.5 Å². The molecular formula is C12H10ClNO4S. The van der Waals surface area contributed by atoms with Gasteiger partial charge in [0.15, 0.2) is 0 Å². The number of para-hydroxylation sites is 1. The fourth-order valence-corrected chi connectivity index (χ4v) is 2.10. The normalized spacial score (nSPS) is 11.3. The molecule has 0 fully saturated rings. The maximum Gasteiger partial charge on any atom is 0.262 e. The second kappa shape index (κ2) is 5.56. The molecule has 0 radical (unpaired) electrons. The Bertz CT molecular complexity index is 670. The van der Waals surface area contributed by atoms with Crippen LogP contribution >= 0.6 is 10.7 Å². The summed E-state index contributed by atoms with van der Waals surface area (Å²) in [6, 6.07) is 9.61. The van der Waals surface area contributed by atoms with Gasteiger partial charge in [-0.1, -0.05) is 18.2 Å². The van der Waals surface area contributed by atoms with Crippen LogP contribution in [-0.4, -0.2) is 18.5 Å². The van der Waals surface area contributed by atoms with E-state index in [1.807, 2.05) is 0 Å². The standard InChI is InChI=1S/C12H10ClNO4S/c13-19(16,17)10-5-6-12(14-7-10)18-11-4-2-1-3-9(11)8-15/h1-7,15H,8H2. The van der Waals surface area contributed by atoms with Crippen molar-refractivity contribution < 1.29 is 18.3 Å². The van der Waals surface area contributed by atoms with Gasteiger partial charge in [0.05, 0.1) is 12.8 Å². The lowest BCUT2D eigenvalue weighted by atomic mass is 10.2. The molecule has 5 nitrogen and oxygen atoms in total. The first-order valence-corrected chi connectivity index (χ1v) is 7.59. The largest absolute Gasteiger partial charge is 0.439 e. The van der Waals surface area contributed by atoms with Gasteiger partial charge in [-0.2, -0.15) is 0 Å². The number of aromatic nitrogens is 1. The summed E-state index contributed by atoms with van der Waals surface area (Å²) in [5, 5.41) is 9.15. The SMILES string of the molecule is O=S(=O)(Cl)c1ccc(Oc2ccccc2CO)nc1. The van der Waals surface area contributed by atoms with E-state index in [1.54, 1.807) is 24.3 Å². The zero-order valence-corrected chi connectivity index (χ0v) is 11.2. The number of aliphatic hydroxyl groups is 1. The molecule has 19 heavy (non-hydrogen) atoms. The van der Waals surface area contributed by atoms with Gasteiger partial charge >= 0.3 is 0 Å². The van der Waals surface area contributed by atoms with Crippen LogP contribution < -0.4 is 4.74 Å². The van der Waals surface area contributed by atoms with E-state index in [0.29, 0.717) is 11.3 Å². The van der Waals surface area contributed by atoms with Crippen LogP contribution in [-0.2, 0) is 15.7 Å². The summed E-state index contributed by atoms with van der Waals surface area (Å²) in [5.74, 6) is 0.670. The maximum absolute atomic E-state index is 11.1. The van der Waals surface area contributed by atoms with Gasteiger partial charge in [-0.3, -0.25) is 0 Å². The van der Waals surface area contributed by atoms with Crippen LogP contribution in [0.5, 0.6) is 11.6 Å². The lowest BCUT2D eigenvalue weighted by Crippen LogP contribution is -1.95. The van der Waals surface area contributed by atoms with Gasteiger partial charge in [0.25, 0.3) is 9.05 Å². The molecule has 1 heterocycles. The van der Waals surface area contributed by atoms with Gasteiger partial charge in [-0.15, -0.1) is 0 Å². The van der Waals surface area contributed by atoms with E-state index in [0.717, 1.165) is 6.20 Å². The van der Waals surface area contributed by atoms with Crippen molar-refractivity contribution in [3.63, 3.8) is 0 Å². The van der Waals surface area contributed by atoms with Crippen LogP contribution in [0.25, 0.3) is 0 Å². The van der Waals surface area contributed by atoms with E-state index in [2.05, 4.69) is 4.98 Å². The molecule has 0 bridgehead atoms. The minimum absolute atomic E-state index is 0.100. The number of nitrogens with zero attached hydrogens (tertiary/aromatic N) is 1. The fourth-order valence-electron chi connectivity index (χ4n) is 1.42. The molecule has 0 saturated heterocycles. The Kier molecular flexibility index (Phi) is 4.04. The molecule has 0 spiro atoms. The van der Waals surface area contributed by atoms with Crippen molar-refractivity contribution in [2.24, 2.45) is 0 Å². The first-order chi connectivity index (χ1) is 9.00. The van der Waals surface area contributed by atoms with Gasteiger partial charge in [0, 0.05) is 22.3 Å². The Morgan fingerprint density at radius 2 is 1.95 bits per heavy atom. The van der Waals surface area contributed by atoms with Crippen LogP contribution in [0.15, 0.2) is 47.5 Å². The number of benzene rings is 1. The van der Waals surface area contributed by atoms with E-state index in [-0.39, 0.29) is 17.4 Å². The molecule has 0 aliphatic rings. The third kappa shape index (κ3) is 3.44. The number of rotatable bonds is 4. The summed E-state index contributed by atoms with van der Waals surface area (Å²) in [4.78, 5) is 3.75. The number of aliphatic hydroxyl groups excluding tert-OH is 1. The minimum atomic E-state index is -3.79. The van der Waals surface area contributed by atoms with Crippen LogP contribution in [0.4, 0.5) is 0 Å². The van der Waals surface area contributed by atoms with Crippen LogP contribution in [0.1, 0.15) is 5.56 Å². The fraction of sp³-hybridized carbons (Fsp3) is 0.0833. The van der Waals surface area contributed by atoms with Crippen molar-refractivity contribution in [1.82, 2.24) is 4.98 Å². The number of hydrogen-bond donors (Lipinski definition) is 1. The molecule has 0 aliphatic heterocycles. The Labute approximate surface area is 114 Å². The quantitative estimate of drug-likeness (QED) is 0.877. The predicted molar refractivity (Wildman–Crippen MR) is 69.7 cm³/mol. The Balaban J connectivity index is 2.25. The van der Waals surface area contributed by atoms with E-state index >= 15 is 0 Å². The Hall–Kier alpha value is -1.63. The van der Waals surface area contributed by atoms with E-state index in [1.165, 1.54) is 12.1 Å². The highest BCUT2D eigenvalue weighted by atomic mass is 35.7. The van der Waals surface area contributed by atoms with Gasteiger partial charge < -0.3 is 9.84 Å². The molecule has 100 valence electrons. The number of pyridine rings is 1. The third-order valence-corrected chi connectivity index (χ3v) is 3.69. The summed E-state index contributed by atoms with van der Waals surface area (Å²) in [6.07, 6.45) is 1.11. The number of halogens is 1. The van der Waals surface area contributed by atoms with E-state index < -0.39 is 9.05 Å². The molecule has 7 heteroatoms. The van der Waals surface area contributed by atoms with Crippen molar-refractivity contribution in [3.05, 3.63) is 48.2 Å². The summed E-state index contributed by atoms with van der Waals surface area (Å²) >= 11 is 0. The monoisotopic (exact) mass is 299 g/mol. The van der Waals surface area contributed by atoms with E-state index in [4.69, 9.17) is 20.5 Å². The second-order valence-electron chi connectivity index (χ2n) is 3.64. The summed E-state index contributed by atoms with van der Waals surface area (Å²) in [7, 11) is 1.39. The molecule has 1 N–H and O–H groups in total. The van der Waals surface area contributed by atoms with Crippen molar-refractivity contribution in [2.75, 3.05) is 0 Å². The molecule has 0 aliphatic carbocycles. The summed E-state index contributed by atoms with van der Waals surface area (Å²) in [5.41, 5.74) is 0.610. The maximum atomic E-state index is 11.1. The van der Waals surface area contributed by atoms with Crippen molar-refractivity contribution in [3.8, 4) is 11.6 Å². The number of ether oxygens (including phenoxy) is 1. The first kappa shape index (κ1) is 13.8. The molecule has 0 atom stereocenters. The molecule has 0 unspecified atom stereocenters. The highest BCUT2D eigenvalue weighted by Crippen LogP contribution is 2.24. The smallest absolute Gasteiger partial charge is 0.262 e. The molecule has 0 amide bonds. The predicted octanol–water partition coefficient (Wildman–Crippen LogP) is 2.29.